The van der Waals surface area contributed by atoms with E-state index < -0.39 is 46.1 Å². The minimum atomic E-state index is -4.05. The summed E-state index contributed by atoms with van der Waals surface area (Å²) in [6.45, 7) is 5.03. The van der Waals surface area contributed by atoms with Crippen LogP contribution in [0.2, 0.25) is 5.02 Å². The Morgan fingerprint density at radius 2 is 1.74 bits per heavy atom. The summed E-state index contributed by atoms with van der Waals surface area (Å²) >= 11 is 6.05. The summed E-state index contributed by atoms with van der Waals surface area (Å²) in [7, 11) is -4.05. The fraction of sp³-hybridized carbons (Fsp3) is 0.391. The van der Waals surface area contributed by atoms with Gasteiger partial charge in [-0.2, -0.15) is 0 Å². The van der Waals surface area contributed by atoms with E-state index in [-0.39, 0.29) is 18.2 Å². The van der Waals surface area contributed by atoms with Crippen molar-refractivity contribution in [2.24, 2.45) is 5.92 Å². The normalized spacial score (nSPS) is 12.4. The fourth-order valence-corrected chi connectivity index (χ4v) is 4.18. The van der Waals surface area contributed by atoms with Crippen LogP contribution in [0.5, 0.6) is 0 Å². The summed E-state index contributed by atoms with van der Waals surface area (Å²) in [4.78, 5) is 27.3. The van der Waals surface area contributed by atoms with Gasteiger partial charge in [-0.3, -0.25) is 13.9 Å². The standard InChI is InChI=1S/C23H28ClF2N3O4S/c1-15(2)12-27-23(31)16(3)28(13-17-6-5-7-18(24)10-17)22(30)14-29(34(4,32)33)19-8-9-20(25)21(26)11-19/h5-11,15-16H,12-14H2,1-4H3,(H,27,31). The highest BCUT2D eigenvalue weighted by atomic mass is 35.5. The molecule has 0 aliphatic carbocycles. The molecular weight excluding hydrogens is 488 g/mol. The van der Waals surface area contributed by atoms with E-state index in [9.17, 15) is 26.8 Å². The quantitative estimate of drug-likeness (QED) is 0.524. The van der Waals surface area contributed by atoms with Gasteiger partial charge in [-0.15, -0.1) is 0 Å². The predicted octanol–water partition coefficient (Wildman–Crippen LogP) is 3.57. The van der Waals surface area contributed by atoms with E-state index in [4.69, 9.17) is 11.6 Å². The first-order valence-electron chi connectivity index (χ1n) is 10.5. The molecule has 7 nitrogen and oxygen atoms in total. The molecule has 0 radical (unpaired) electrons. The highest BCUT2D eigenvalue weighted by molar-refractivity contribution is 7.92. The number of anilines is 1. The van der Waals surface area contributed by atoms with Gasteiger partial charge >= 0.3 is 0 Å². The van der Waals surface area contributed by atoms with Gasteiger partial charge in [0.25, 0.3) is 0 Å². The molecule has 1 atom stereocenters. The van der Waals surface area contributed by atoms with Gasteiger partial charge in [-0.25, -0.2) is 17.2 Å². The third-order valence-electron chi connectivity index (χ3n) is 4.96. The van der Waals surface area contributed by atoms with Crippen LogP contribution in [0.1, 0.15) is 26.3 Å². The molecule has 0 bridgehead atoms. The molecular formula is C23H28ClF2N3O4S. The van der Waals surface area contributed by atoms with Crippen LogP contribution in [0.3, 0.4) is 0 Å². The minimum absolute atomic E-state index is 0.0228. The summed E-state index contributed by atoms with van der Waals surface area (Å²) in [5.74, 6) is -3.34. The van der Waals surface area contributed by atoms with Gasteiger partial charge in [0.1, 0.15) is 12.6 Å². The molecule has 2 amide bonds. The second kappa shape index (κ2) is 11.6. The molecule has 0 aliphatic heterocycles. The smallest absolute Gasteiger partial charge is 0.244 e. The van der Waals surface area contributed by atoms with E-state index in [1.54, 1.807) is 24.3 Å². The van der Waals surface area contributed by atoms with Crippen molar-refractivity contribution in [3.63, 3.8) is 0 Å². The Balaban J connectivity index is 2.39. The number of hydrogen-bond donors (Lipinski definition) is 1. The van der Waals surface area contributed by atoms with Gasteiger partial charge in [0.15, 0.2) is 11.6 Å². The second-order valence-electron chi connectivity index (χ2n) is 8.33. The Bertz CT molecular complexity index is 1140. The van der Waals surface area contributed by atoms with Crippen molar-refractivity contribution in [2.45, 2.75) is 33.4 Å². The third-order valence-corrected chi connectivity index (χ3v) is 6.34. The Labute approximate surface area is 203 Å². The lowest BCUT2D eigenvalue weighted by atomic mass is 10.1. The molecule has 0 spiro atoms. The topological polar surface area (TPSA) is 86.8 Å². The number of carbonyl (C=O) groups excluding carboxylic acids is 2. The monoisotopic (exact) mass is 515 g/mol. The summed E-state index contributed by atoms with van der Waals surface area (Å²) in [6.07, 6.45) is 0.849. The maximum atomic E-state index is 13.8. The summed E-state index contributed by atoms with van der Waals surface area (Å²) < 4.78 is 52.6. The Morgan fingerprint density at radius 3 is 2.29 bits per heavy atom. The molecule has 2 rings (SSSR count). The maximum absolute atomic E-state index is 13.8. The summed E-state index contributed by atoms with van der Waals surface area (Å²) in [5.41, 5.74) is 0.414. The fourth-order valence-electron chi connectivity index (χ4n) is 3.12. The molecule has 0 aromatic heterocycles. The zero-order valence-electron chi connectivity index (χ0n) is 19.4. The number of sulfonamides is 1. The molecule has 2 aromatic rings. The van der Waals surface area contributed by atoms with Crippen molar-refractivity contribution in [3.8, 4) is 0 Å². The zero-order valence-corrected chi connectivity index (χ0v) is 21.0. The van der Waals surface area contributed by atoms with Crippen molar-refractivity contribution >= 4 is 39.1 Å². The molecule has 0 saturated carbocycles. The minimum Gasteiger partial charge on any atom is -0.354 e. The lowest BCUT2D eigenvalue weighted by Gasteiger charge is -2.31. The summed E-state index contributed by atoms with van der Waals surface area (Å²) in [5, 5.41) is 3.19. The molecule has 1 N–H and O–H groups in total. The molecule has 1 unspecified atom stereocenters. The van der Waals surface area contributed by atoms with Crippen molar-refractivity contribution in [1.29, 1.82) is 0 Å². The molecule has 0 fully saturated rings. The predicted molar refractivity (Wildman–Crippen MR) is 128 cm³/mol. The molecule has 0 aliphatic rings. The first-order valence-corrected chi connectivity index (χ1v) is 12.8. The van der Waals surface area contributed by atoms with Crippen molar-refractivity contribution in [1.82, 2.24) is 10.2 Å². The van der Waals surface area contributed by atoms with Crippen molar-refractivity contribution in [3.05, 3.63) is 64.7 Å². The van der Waals surface area contributed by atoms with E-state index in [1.165, 1.54) is 11.8 Å². The second-order valence-corrected chi connectivity index (χ2v) is 10.7. The van der Waals surface area contributed by atoms with Crippen LogP contribution in [0, 0.1) is 17.6 Å². The average Bonchev–Trinajstić information content (AvgIpc) is 2.74. The number of rotatable bonds is 10. The first-order chi connectivity index (χ1) is 15.8. The number of benzene rings is 2. The zero-order chi connectivity index (χ0) is 25.6. The highest BCUT2D eigenvalue weighted by Crippen LogP contribution is 2.22. The van der Waals surface area contributed by atoms with Gasteiger partial charge in [0.05, 0.1) is 11.9 Å². The molecule has 0 heterocycles. The number of halogens is 3. The van der Waals surface area contributed by atoms with Crippen LogP contribution in [-0.2, 0) is 26.2 Å². The Morgan fingerprint density at radius 1 is 1.06 bits per heavy atom. The number of carbonyl (C=O) groups is 2. The van der Waals surface area contributed by atoms with E-state index in [1.807, 2.05) is 13.8 Å². The van der Waals surface area contributed by atoms with Gasteiger partial charge in [-0.1, -0.05) is 37.6 Å². The first kappa shape index (κ1) is 27.5. The van der Waals surface area contributed by atoms with E-state index in [0.717, 1.165) is 18.4 Å². The van der Waals surface area contributed by atoms with Gasteiger partial charge < -0.3 is 10.2 Å². The van der Waals surface area contributed by atoms with Crippen LogP contribution in [0.15, 0.2) is 42.5 Å². The number of hydrogen-bond acceptors (Lipinski definition) is 4. The van der Waals surface area contributed by atoms with Crippen molar-refractivity contribution in [2.75, 3.05) is 23.7 Å². The molecule has 0 saturated heterocycles. The van der Waals surface area contributed by atoms with E-state index in [2.05, 4.69) is 5.32 Å². The third kappa shape index (κ3) is 7.66. The molecule has 186 valence electrons. The largest absolute Gasteiger partial charge is 0.354 e. The number of nitrogens with zero attached hydrogens (tertiary/aromatic N) is 2. The van der Waals surface area contributed by atoms with Gasteiger partial charge in [0.2, 0.25) is 21.8 Å². The Kier molecular flexibility index (Phi) is 9.40. The number of nitrogens with one attached hydrogen (secondary N) is 1. The molecule has 34 heavy (non-hydrogen) atoms. The van der Waals surface area contributed by atoms with Gasteiger partial charge in [-0.05, 0) is 42.7 Å². The highest BCUT2D eigenvalue weighted by Gasteiger charge is 2.30. The summed E-state index contributed by atoms with van der Waals surface area (Å²) in [6, 6.07) is 8.28. The number of amides is 2. The van der Waals surface area contributed by atoms with E-state index in [0.29, 0.717) is 27.5 Å². The lowest BCUT2D eigenvalue weighted by molar-refractivity contribution is -0.139. The van der Waals surface area contributed by atoms with Crippen molar-refractivity contribution < 1.29 is 26.8 Å². The maximum Gasteiger partial charge on any atom is 0.244 e. The van der Waals surface area contributed by atoms with Crippen LogP contribution in [-0.4, -0.2) is 50.5 Å². The molecule has 11 heteroatoms. The van der Waals surface area contributed by atoms with Gasteiger partial charge in [0, 0.05) is 24.2 Å². The van der Waals surface area contributed by atoms with Crippen LogP contribution >= 0.6 is 11.6 Å². The van der Waals surface area contributed by atoms with Crippen LogP contribution < -0.4 is 9.62 Å². The van der Waals surface area contributed by atoms with E-state index >= 15 is 0 Å². The lowest BCUT2D eigenvalue weighted by Crippen LogP contribution is -2.51. The Hall–Kier alpha value is -2.72. The van der Waals surface area contributed by atoms with Crippen LogP contribution in [0.25, 0.3) is 0 Å². The molecule has 2 aromatic carbocycles. The van der Waals surface area contributed by atoms with Crippen LogP contribution in [0.4, 0.5) is 14.5 Å². The SMILES string of the molecule is CC(C)CNC(=O)C(C)N(Cc1cccc(Cl)c1)C(=O)CN(c1ccc(F)c(F)c1)S(C)(=O)=O. The average molecular weight is 516 g/mol.